The number of ether oxygens (including phenoxy) is 1. The summed E-state index contributed by atoms with van der Waals surface area (Å²) in [6.07, 6.45) is 12.6. The summed E-state index contributed by atoms with van der Waals surface area (Å²) in [5, 5.41) is 19.4. The molecule has 6 unspecified atom stereocenters. The fraction of sp³-hybridized carbons (Fsp3) is 0.750. The van der Waals surface area contributed by atoms with Crippen LogP contribution in [0, 0.1) is 23.7 Å². The van der Waals surface area contributed by atoms with Crippen molar-refractivity contribution >= 4 is 34.6 Å². The van der Waals surface area contributed by atoms with Crippen molar-refractivity contribution < 1.29 is 19.5 Å². The summed E-state index contributed by atoms with van der Waals surface area (Å²) in [6, 6.07) is 0.199. The first-order valence-electron chi connectivity index (χ1n) is 11.8. The van der Waals surface area contributed by atoms with Crippen molar-refractivity contribution in [1.82, 2.24) is 4.31 Å². The van der Waals surface area contributed by atoms with Gasteiger partial charge in [-0.3, -0.25) is 0 Å². The van der Waals surface area contributed by atoms with Gasteiger partial charge in [0.2, 0.25) is 0 Å². The lowest BCUT2D eigenvalue weighted by molar-refractivity contribution is -0.0496. The summed E-state index contributed by atoms with van der Waals surface area (Å²) in [5.41, 5.74) is 0. The molecule has 2 N–H and O–H groups in total. The van der Waals surface area contributed by atoms with E-state index in [0.717, 1.165) is 67.2 Å². The van der Waals surface area contributed by atoms with Crippen LogP contribution >= 0.6 is 23.2 Å². The summed E-state index contributed by atoms with van der Waals surface area (Å²) < 4.78 is 21.5. The van der Waals surface area contributed by atoms with Gasteiger partial charge in [-0.25, -0.2) is 0 Å². The molecule has 0 aromatic rings. The van der Waals surface area contributed by atoms with Gasteiger partial charge >= 0.3 is 0 Å². The van der Waals surface area contributed by atoms with Crippen LogP contribution in [-0.2, 0) is 16.1 Å². The highest BCUT2D eigenvalue weighted by Gasteiger charge is 2.49. The van der Waals surface area contributed by atoms with E-state index < -0.39 is 17.7 Å². The molecule has 1 heterocycles. The molecule has 1 aliphatic heterocycles. The number of nitrogens with zero attached hydrogens (tertiary/aromatic N) is 1. The molecule has 4 rings (SSSR count). The lowest BCUT2D eigenvalue weighted by Crippen LogP contribution is -2.40. The summed E-state index contributed by atoms with van der Waals surface area (Å²) >= 11 is 11.8. The summed E-state index contributed by atoms with van der Waals surface area (Å²) in [4.78, 5) is 1.03. The lowest BCUT2D eigenvalue weighted by atomic mass is 9.76. The number of rotatable bonds is 7. The average Bonchev–Trinajstić information content (AvgIpc) is 3.16. The second kappa shape index (κ2) is 11.0. The molecule has 8 heteroatoms. The molecule has 1 fully saturated rings. The number of allylic oxidation sites excluding steroid dienone is 5. The Hall–Kier alpha value is -0.210. The first-order chi connectivity index (χ1) is 15.4. The van der Waals surface area contributed by atoms with Crippen molar-refractivity contribution in [2.75, 3.05) is 13.7 Å². The Morgan fingerprint density at radius 3 is 2.72 bits per heavy atom. The molecular weight excluding hydrogens is 469 g/mol. The molecule has 5 nitrogen and oxygen atoms in total. The Kier molecular flexibility index (Phi) is 8.58. The maximum absolute atomic E-state index is 13.8. The maximum atomic E-state index is 13.8. The number of methoxy groups -OCH3 is 1. The predicted molar refractivity (Wildman–Crippen MR) is 129 cm³/mol. The van der Waals surface area contributed by atoms with E-state index in [1.165, 1.54) is 0 Å². The molecule has 1 saturated heterocycles. The van der Waals surface area contributed by atoms with Crippen LogP contribution in [-0.4, -0.2) is 50.4 Å². The topological polar surface area (TPSA) is 76.0 Å². The van der Waals surface area contributed by atoms with Crippen molar-refractivity contribution in [2.45, 2.75) is 75.5 Å². The molecule has 32 heavy (non-hydrogen) atoms. The van der Waals surface area contributed by atoms with Crippen LogP contribution in [0.2, 0.25) is 0 Å². The Labute approximate surface area is 204 Å². The van der Waals surface area contributed by atoms with E-state index in [4.69, 9.17) is 27.9 Å². The van der Waals surface area contributed by atoms with Gasteiger partial charge in [0.1, 0.15) is 4.91 Å². The highest BCUT2D eigenvalue weighted by molar-refractivity contribution is 7.93. The quantitative estimate of drug-likeness (QED) is 0.296. The van der Waals surface area contributed by atoms with Gasteiger partial charge in [0, 0.05) is 24.4 Å². The van der Waals surface area contributed by atoms with E-state index in [9.17, 15) is 14.8 Å². The van der Waals surface area contributed by atoms with Gasteiger partial charge < -0.3 is 19.5 Å². The largest absolute Gasteiger partial charge is 0.593 e. The molecule has 0 bridgehead atoms. The summed E-state index contributed by atoms with van der Waals surface area (Å²) in [7, 11) is 1.70. The smallest absolute Gasteiger partial charge is 0.151 e. The minimum absolute atomic E-state index is 0.135. The molecule has 0 spiro atoms. The van der Waals surface area contributed by atoms with E-state index >= 15 is 0 Å². The highest BCUT2D eigenvalue weighted by Crippen LogP contribution is 2.47. The SMILES string of the molecule is COC1=CCC2C(C1)[C@@H](CCC(O)O)CN2[S+]([O-])C1=CCCC(C2CCC=C(Cl)C2Cl)C1. The Morgan fingerprint density at radius 2 is 1.97 bits per heavy atom. The van der Waals surface area contributed by atoms with E-state index in [2.05, 4.69) is 16.5 Å². The van der Waals surface area contributed by atoms with E-state index in [1.807, 2.05) is 6.08 Å². The van der Waals surface area contributed by atoms with Crippen LogP contribution in [0.3, 0.4) is 0 Å². The molecule has 7 atom stereocenters. The minimum Gasteiger partial charge on any atom is -0.593 e. The van der Waals surface area contributed by atoms with Crippen LogP contribution in [0.5, 0.6) is 0 Å². The normalized spacial score (nSPS) is 36.9. The van der Waals surface area contributed by atoms with Gasteiger partial charge in [-0.2, -0.15) is 0 Å². The summed E-state index contributed by atoms with van der Waals surface area (Å²) in [6.45, 7) is 0.720. The van der Waals surface area contributed by atoms with Gasteiger partial charge in [-0.05, 0) is 80.8 Å². The third-order valence-electron chi connectivity index (χ3n) is 7.86. The third-order valence-corrected chi connectivity index (χ3v) is 10.5. The third kappa shape index (κ3) is 5.37. The number of fused-ring (bicyclic) bond motifs is 1. The fourth-order valence-electron chi connectivity index (χ4n) is 6.13. The second-order valence-electron chi connectivity index (χ2n) is 9.66. The van der Waals surface area contributed by atoms with E-state index in [-0.39, 0.29) is 17.3 Å². The number of hydrogen-bond acceptors (Lipinski definition) is 5. The molecule has 4 aliphatic rings. The minimum atomic E-state index is -1.30. The van der Waals surface area contributed by atoms with E-state index in [0.29, 0.717) is 30.6 Å². The predicted octanol–water partition coefficient (Wildman–Crippen LogP) is 4.81. The molecule has 0 radical (unpaired) electrons. The Bertz CT molecular complexity index is 758. The van der Waals surface area contributed by atoms with Gasteiger partial charge in [0.15, 0.2) is 6.29 Å². The molecule has 3 aliphatic carbocycles. The van der Waals surface area contributed by atoms with Gasteiger partial charge in [0.25, 0.3) is 0 Å². The molecule has 180 valence electrons. The number of aliphatic hydroxyl groups excluding tert-OH is 1. The number of hydrogen-bond donors (Lipinski definition) is 2. The van der Waals surface area contributed by atoms with Crippen molar-refractivity contribution in [3.8, 4) is 0 Å². The number of alkyl halides is 1. The van der Waals surface area contributed by atoms with Gasteiger partial charge in [-0.1, -0.05) is 17.7 Å². The van der Waals surface area contributed by atoms with Crippen LogP contribution in [0.15, 0.2) is 33.9 Å². The number of aliphatic hydroxyl groups is 2. The average molecular weight is 505 g/mol. The summed E-state index contributed by atoms with van der Waals surface area (Å²) in [5.74, 6) is 2.34. The van der Waals surface area contributed by atoms with Crippen LogP contribution in [0.25, 0.3) is 0 Å². The first kappa shape index (κ1) is 24.9. The van der Waals surface area contributed by atoms with Crippen molar-refractivity contribution in [3.63, 3.8) is 0 Å². The monoisotopic (exact) mass is 503 g/mol. The van der Waals surface area contributed by atoms with Crippen molar-refractivity contribution in [3.05, 3.63) is 33.9 Å². The molecule has 0 aromatic heterocycles. The molecule has 0 aromatic carbocycles. The first-order valence-corrected chi connectivity index (χ1v) is 13.8. The standard InChI is InChI=1S/C24H35Cl2NO4S/c1-31-17-9-10-22-20(13-17)16(8-11-23(28)29)14-27(22)32(30)18-5-2-4-15(12-18)19-6-3-7-21(25)24(19)26/h5,7,9,15-16,19-20,22-24,28-29H,2-4,6,8,10-14H2,1H3/t15?,16-,19?,20?,22?,24?,32?/m0/s1. The number of halogens is 2. The molecular formula is C24H35Cl2NO4S. The van der Waals surface area contributed by atoms with Gasteiger partial charge in [0.05, 0.1) is 35.6 Å². The fourth-order valence-corrected chi connectivity index (χ4v) is 8.56. The second-order valence-corrected chi connectivity index (χ2v) is 12.1. The highest BCUT2D eigenvalue weighted by atomic mass is 35.5. The maximum Gasteiger partial charge on any atom is 0.151 e. The molecule has 0 saturated carbocycles. The van der Waals surface area contributed by atoms with Crippen molar-refractivity contribution in [2.24, 2.45) is 23.7 Å². The zero-order valence-electron chi connectivity index (χ0n) is 18.7. The van der Waals surface area contributed by atoms with Crippen LogP contribution < -0.4 is 0 Å². The Balaban J connectivity index is 1.46. The zero-order chi connectivity index (χ0) is 22.8. The zero-order valence-corrected chi connectivity index (χ0v) is 21.0. The van der Waals surface area contributed by atoms with E-state index in [1.54, 1.807) is 7.11 Å². The van der Waals surface area contributed by atoms with Gasteiger partial charge in [-0.15, -0.1) is 15.9 Å². The lowest BCUT2D eigenvalue weighted by Gasteiger charge is -2.37. The Morgan fingerprint density at radius 1 is 1.19 bits per heavy atom. The van der Waals surface area contributed by atoms with Crippen LogP contribution in [0.1, 0.15) is 57.8 Å². The van der Waals surface area contributed by atoms with Crippen molar-refractivity contribution in [1.29, 1.82) is 0 Å². The van der Waals surface area contributed by atoms with Crippen LogP contribution in [0.4, 0.5) is 0 Å². The molecule has 0 amide bonds.